The number of hydrogen-bond donors (Lipinski definition) is 1. The number of aromatic nitrogens is 3. The number of rotatable bonds is 4. The molecule has 0 saturated carbocycles. The maximum absolute atomic E-state index is 12.1. The number of halogens is 1. The minimum atomic E-state index is -0.0802. The third-order valence-electron chi connectivity index (χ3n) is 3.06. The summed E-state index contributed by atoms with van der Waals surface area (Å²) in [6, 6.07) is 5.65. The highest BCUT2D eigenvalue weighted by molar-refractivity contribution is 9.10. The van der Waals surface area contributed by atoms with Crippen LogP contribution in [0.25, 0.3) is 0 Å². The second kappa shape index (κ2) is 6.17. The molecule has 106 valence electrons. The molecule has 5 nitrogen and oxygen atoms in total. The standard InChI is InChI=1S/C14H17BrN4O/c1-9-4-11(6-12(15)5-9)14(20)16-7-10(2)13-18-17-8-19(13)3/h4-6,8,10H,7H2,1-3H3,(H,16,20). The third kappa shape index (κ3) is 3.45. The fourth-order valence-electron chi connectivity index (χ4n) is 2.04. The molecule has 1 N–H and O–H groups in total. The smallest absolute Gasteiger partial charge is 0.251 e. The number of amides is 1. The lowest BCUT2D eigenvalue weighted by Crippen LogP contribution is -2.28. The minimum absolute atomic E-state index is 0.0802. The van der Waals surface area contributed by atoms with E-state index in [9.17, 15) is 4.79 Å². The highest BCUT2D eigenvalue weighted by atomic mass is 79.9. The summed E-state index contributed by atoms with van der Waals surface area (Å²) in [5.74, 6) is 0.888. The fourth-order valence-corrected chi connectivity index (χ4v) is 2.65. The highest BCUT2D eigenvalue weighted by Crippen LogP contribution is 2.16. The van der Waals surface area contributed by atoms with Crippen LogP contribution in [0.1, 0.15) is 34.6 Å². The van der Waals surface area contributed by atoms with Gasteiger partial charge in [0.25, 0.3) is 5.91 Å². The van der Waals surface area contributed by atoms with Crippen LogP contribution in [0.4, 0.5) is 0 Å². The topological polar surface area (TPSA) is 59.8 Å². The van der Waals surface area contributed by atoms with Crippen molar-refractivity contribution in [3.05, 3.63) is 46.0 Å². The van der Waals surface area contributed by atoms with E-state index in [2.05, 4.69) is 31.4 Å². The number of carbonyl (C=O) groups excluding carboxylic acids is 1. The van der Waals surface area contributed by atoms with Crippen molar-refractivity contribution in [1.29, 1.82) is 0 Å². The van der Waals surface area contributed by atoms with Crippen molar-refractivity contribution in [3.63, 3.8) is 0 Å². The minimum Gasteiger partial charge on any atom is -0.351 e. The van der Waals surface area contributed by atoms with Crippen molar-refractivity contribution in [2.45, 2.75) is 19.8 Å². The van der Waals surface area contributed by atoms with Gasteiger partial charge in [0.2, 0.25) is 0 Å². The largest absolute Gasteiger partial charge is 0.351 e. The molecular weight excluding hydrogens is 320 g/mol. The van der Waals surface area contributed by atoms with Crippen molar-refractivity contribution in [1.82, 2.24) is 20.1 Å². The van der Waals surface area contributed by atoms with Crippen LogP contribution in [0.15, 0.2) is 29.0 Å². The van der Waals surface area contributed by atoms with Crippen LogP contribution in [0, 0.1) is 6.92 Å². The van der Waals surface area contributed by atoms with Gasteiger partial charge in [-0.25, -0.2) is 0 Å². The zero-order chi connectivity index (χ0) is 14.7. The van der Waals surface area contributed by atoms with Crippen molar-refractivity contribution in [2.75, 3.05) is 6.54 Å². The Balaban J connectivity index is 2.00. The van der Waals surface area contributed by atoms with Gasteiger partial charge >= 0.3 is 0 Å². The lowest BCUT2D eigenvalue weighted by atomic mass is 10.1. The van der Waals surface area contributed by atoms with Crippen LogP contribution >= 0.6 is 15.9 Å². The molecular formula is C14H17BrN4O. The van der Waals surface area contributed by atoms with Crippen LogP contribution in [0.5, 0.6) is 0 Å². The van der Waals surface area contributed by atoms with Gasteiger partial charge in [0.1, 0.15) is 12.2 Å². The summed E-state index contributed by atoms with van der Waals surface area (Å²) in [5.41, 5.74) is 1.70. The lowest BCUT2D eigenvalue weighted by molar-refractivity contribution is 0.0951. The van der Waals surface area contributed by atoms with Crippen LogP contribution in [-0.2, 0) is 7.05 Å². The van der Waals surface area contributed by atoms with Gasteiger partial charge in [-0.1, -0.05) is 22.9 Å². The van der Waals surface area contributed by atoms with Gasteiger partial charge in [-0.15, -0.1) is 10.2 Å². The fraction of sp³-hybridized carbons (Fsp3) is 0.357. The summed E-state index contributed by atoms with van der Waals surface area (Å²) >= 11 is 3.40. The molecule has 0 bridgehead atoms. The Morgan fingerprint density at radius 2 is 2.20 bits per heavy atom. The number of benzene rings is 1. The average Bonchev–Trinajstić information content (AvgIpc) is 2.80. The zero-order valence-corrected chi connectivity index (χ0v) is 13.3. The van der Waals surface area contributed by atoms with Crippen LogP contribution in [-0.4, -0.2) is 27.2 Å². The molecule has 1 unspecified atom stereocenters. The summed E-state index contributed by atoms with van der Waals surface area (Å²) in [6.07, 6.45) is 1.66. The number of carbonyl (C=O) groups is 1. The monoisotopic (exact) mass is 336 g/mol. The Kier molecular flexibility index (Phi) is 4.54. The lowest BCUT2D eigenvalue weighted by Gasteiger charge is -2.12. The summed E-state index contributed by atoms with van der Waals surface area (Å²) in [5, 5.41) is 10.8. The van der Waals surface area contributed by atoms with E-state index in [0.29, 0.717) is 12.1 Å². The molecule has 20 heavy (non-hydrogen) atoms. The zero-order valence-electron chi connectivity index (χ0n) is 11.7. The first-order chi connectivity index (χ1) is 9.47. The Morgan fingerprint density at radius 3 is 2.80 bits per heavy atom. The van der Waals surface area contributed by atoms with E-state index in [1.807, 2.05) is 43.7 Å². The molecule has 0 fully saturated rings. The molecule has 0 aliphatic carbocycles. The van der Waals surface area contributed by atoms with E-state index in [1.54, 1.807) is 6.33 Å². The maximum Gasteiger partial charge on any atom is 0.251 e. The summed E-state index contributed by atoms with van der Waals surface area (Å²) in [7, 11) is 1.89. The van der Waals surface area contributed by atoms with E-state index in [-0.39, 0.29) is 11.8 Å². The van der Waals surface area contributed by atoms with E-state index in [1.165, 1.54) is 0 Å². The summed E-state index contributed by atoms with van der Waals surface area (Å²) in [6.45, 7) is 4.50. The van der Waals surface area contributed by atoms with Crippen molar-refractivity contribution < 1.29 is 4.79 Å². The van der Waals surface area contributed by atoms with Gasteiger partial charge < -0.3 is 9.88 Å². The van der Waals surface area contributed by atoms with Gasteiger partial charge in [0, 0.05) is 29.5 Å². The molecule has 0 radical (unpaired) electrons. The molecule has 0 aliphatic heterocycles. The molecule has 1 atom stereocenters. The van der Waals surface area contributed by atoms with Gasteiger partial charge in [-0.3, -0.25) is 4.79 Å². The van der Waals surface area contributed by atoms with Crippen LogP contribution in [0.2, 0.25) is 0 Å². The van der Waals surface area contributed by atoms with Gasteiger partial charge in [-0.2, -0.15) is 0 Å². The first-order valence-corrected chi connectivity index (χ1v) is 7.16. The second-order valence-electron chi connectivity index (χ2n) is 4.93. The molecule has 2 aromatic rings. The highest BCUT2D eigenvalue weighted by Gasteiger charge is 2.13. The van der Waals surface area contributed by atoms with E-state index < -0.39 is 0 Å². The first kappa shape index (κ1) is 14.7. The average molecular weight is 337 g/mol. The molecule has 0 aliphatic rings. The molecule has 6 heteroatoms. The van der Waals surface area contributed by atoms with E-state index in [4.69, 9.17) is 0 Å². The van der Waals surface area contributed by atoms with E-state index in [0.717, 1.165) is 15.9 Å². The Hall–Kier alpha value is -1.69. The predicted molar refractivity (Wildman–Crippen MR) is 80.6 cm³/mol. The molecule has 0 saturated heterocycles. The molecule has 1 amide bonds. The molecule has 2 rings (SSSR count). The van der Waals surface area contributed by atoms with Gasteiger partial charge in [0.05, 0.1) is 0 Å². The number of aryl methyl sites for hydroxylation is 2. The van der Waals surface area contributed by atoms with Crippen molar-refractivity contribution in [3.8, 4) is 0 Å². The SMILES string of the molecule is Cc1cc(Br)cc(C(=O)NCC(C)c2nncn2C)c1. The van der Waals surface area contributed by atoms with Crippen LogP contribution in [0.3, 0.4) is 0 Å². The van der Waals surface area contributed by atoms with Gasteiger partial charge in [-0.05, 0) is 30.7 Å². The maximum atomic E-state index is 12.1. The quantitative estimate of drug-likeness (QED) is 0.932. The van der Waals surface area contributed by atoms with E-state index >= 15 is 0 Å². The number of hydrogen-bond acceptors (Lipinski definition) is 3. The number of nitrogens with zero attached hydrogens (tertiary/aromatic N) is 3. The number of nitrogens with one attached hydrogen (secondary N) is 1. The molecule has 1 aromatic carbocycles. The molecule has 1 heterocycles. The van der Waals surface area contributed by atoms with Crippen LogP contribution < -0.4 is 5.32 Å². The first-order valence-electron chi connectivity index (χ1n) is 6.36. The van der Waals surface area contributed by atoms with Crippen molar-refractivity contribution >= 4 is 21.8 Å². The third-order valence-corrected chi connectivity index (χ3v) is 3.52. The Labute approximate surface area is 126 Å². The van der Waals surface area contributed by atoms with Crippen molar-refractivity contribution in [2.24, 2.45) is 7.05 Å². The normalized spacial score (nSPS) is 12.2. The molecule has 0 spiro atoms. The molecule has 1 aromatic heterocycles. The summed E-state index contributed by atoms with van der Waals surface area (Å²) < 4.78 is 2.77. The Bertz CT molecular complexity index is 603. The Morgan fingerprint density at radius 1 is 1.45 bits per heavy atom. The van der Waals surface area contributed by atoms with Gasteiger partial charge in [0.15, 0.2) is 0 Å². The summed E-state index contributed by atoms with van der Waals surface area (Å²) in [4.78, 5) is 12.1. The predicted octanol–water partition coefficient (Wildman–Crippen LogP) is 2.42. The second-order valence-corrected chi connectivity index (χ2v) is 5.84.